The van der Waals surface area contributed by atoms with E-state index in [0.717, 1.165) is 5.69 Å². The molecule has 1 fully saturated rings. The van der Waals surface area contributed by atoms with Gasteiger partial charge in [-0.2, -0.15) is 5.10 Å². The molecule has 1 N–H and O–H groups in total. The van der Waals surface area contributed by atoms with E-state index < -0.39 is 9.84 Å². The minimum Gasteiger partial charge on any atom is -0.349 e. The molecule has 0 saturated heterocycles. The third-order valence-electron chi connectivity index (χ3n) is 3.94. The second kappa shape index (κ2) is 5.35. The van der Waals surface area contributed by atoms with E-state index in [1.165, 1.54) is 12.5 Å². The first-order valence-corrected chi connectivity index (χ1v) is 9.17. The summed E-state index contributed by atoms with van der Waals surface area (Å²) >= 11 is 0. The molecule has 22 heavy (non-hydrogen) atoms. The standard InChI is InChI=1S/C14H18N4O3S/c1-9-3-4-15-13-12(7-16-18(9)13)14(19)17-11-5-10(6-11)8-22(2,20)21/h3-4,7,10-11H,5-6,8H2,1-2H3,(H,17,19). The topological polar surface area (TPSA) is 93.4 Å². The van der Waals surface area contributed by atoms with Crippen molar-refractivity contribution in [3.63, 3.8) is 0 Å². The van der Waals surface area contributed by atoms with Crippen LogP contribution >= 0.6 is 0 Å². The molecule has 1 saturated carbocycles. The lowest BCUT2D eigenvalue weighted by molar-refractivity contribution is 0.0898. The molecule has 1 amide bonds. The van der Waals surface area contributed by atoms with Crippen molar-refractivity contribution in [3.8, 4) is 0 Å². The summed E-state index contributed by atoms with van der Waals surface area (Å²) in [6.45, 7) is 1.89. The first-order chi connectivity index (χ1) is 10.3. The Morgan fingerprint density at radius 3 is 2.86 bits per heavy atom. The van der Waals surface area contributed by atoms with Crippen molar-refractivity contribution in [1.29, 1.82) is 0 Å². The van der Waals surface area contributed by atoms with E-state index in [2.05, 4.69) is 15.4 Å². The van der Waals surface area contributed by atoms with Crippen molar-refractivity contribution >= 4 is 21.4 Å². The van der Waals surface area contributed by atoms with E-state index in [4.69, 9.17) is 0 Å². The molecule has 0 spiro atoms. The number of hydrogen-bond donors (Lipinski definition) is 1. The number of carbonyl (C=O) groups is 1. The summed E-state index contributed by atoms with van der Waals surface area (Å²) in [6.07, 6.45) is 5.80. The number of rotatable bonds is 4. The highest BCUT2D eigenvalue weighted by atomic mass is 32.2. The van der Waals surface area contributed by atoms with Crippen LogP contribution in [-0.2, 0) is 9.84 Å². The summed E-state index contributed by atoms with van der Waals surface area (Å²) in [5.41, 5.74) is 1.88. The number of hydrogen-bond acceptors (Lipinski definition) is 5. The van der Waals surface area contributed by atoms with Gasteiger partial charge in [0, 0.05) is 24.2 Å². The number of nitrogens with one attached hydrogen (secondary N) is 1. The van der Waals surface area contributed by atoms with E-state index in [1.807, 2.05) is 13.0 Å². The average Bonchev–Trinajstić information content (AvgIpc) is 2.80. The van der Waals surface area contributed by atoms with Gasteiger partial charge in [-0.15, -0.1) is 0 Å². The molecule has 1 aliphatic rings. The molecular formula is C14H18N4O3S. The monoisotopic (exact) mass is 322 g/mol. The molecule has 0 bridgehead atoms. The molecule has 0 aromatic carbocycles. The van der Waals surface area contributed by atoms with Gasteiger partial charge in [-0.05, 0) is 31.7 Å². The van der Waals surface area contributed by atoms with Crippen LogP contribution in [0.3, 0.4) is 0 Å². The first-order valence-electron chi connectivity index (χ1n) is 7.11. The molecule has 1 aliphatic carbocycles. The SMILES string of the molecule is Cc1ccnc2c(C(=O)NC3CC(CS(C)(=O)=O)C3)cnn12. The van der Waals surface area contributed by atoms with Crippen LogP contribution in [0.2, 0.25) is 0 Å². The smallest absolute Gasteiger partial charge is 0.256 e. The summed E-state index contributed by atoms with van der Waals surface area (Å²) in [4.78, 5) is 16.5. The van der Waals surface area contributed by atoms with Crippen LogP contribution in [0, 0.1) is 12.8 Å². The van der Waals surface area contributed by atoms with E-state index in [1.54, 1.807) is 10.7 Å². The number of aryl methyl sites for hydroxylation is 1. The lowest BCUT2D eigenvalue weighted by atomic mass is 9.81. The fourth-order valence-corrected chi connectivity index (χ4v) is 3.98. The van der Waals surface area contributed by atoms with Gasteiger partial charge in [0.15, 0.2) is 5.65 Å². The minimum absolute atomic E-state index is 0.0269. The normalized spacial score (nSPS) is 21.5. The van der Waals surface area contributed by atoms with E-state index in [9.17, 15) is 13.2 Å². The van der Waals surface area contributed by atoms with Crippen molar-refractivity contribution in [1.82, 2.24) is 19.9 Å². The van der Waals surface area contributed by atoms with Gasteiger partial charge in [0.25, 0.3) is 5.91 Å². The molecule has 2 aromatic rings. The summed E-state index contributed by atoms with van der Waals surface area (Å²) < 4.78 is 24.1. The van der Waals surface area contributed by atoms with Gasteiger partial charge in [-0.3, -0.25) is 4.79 Å². The van der Waals surface area contributed by atoms with Crippen LogP contribution in [0.4, 0.5) is 0 Å². The largest absolute Gasteiger partial charge is 0.349 e. The lowest BCUT2D eigenvalue weighted by Crippen LogP contribution is -2.46. The van der Waals surface area contributed by atoms with Gasteiger partial charge in [-0.25, -0.2) is 17.9 Å². The average molecular weight is 322 g/mol. The number of aromatic nitrogens is 3. The Morgan fingerprint density at radius 1 is 1.45 bits per heavy atom. The van der Waals surface area contributed by atoms with Crippen molar-refractivity contribution in [2.75, 3.05) is 12.0 Å². The Bertz CT molecular complexity index is 822. The molecule has 118 valence electrons. The molecule has 7 nitrogen and oxygen atoms in total. The Morgan fingerprint density at radius 2 is 2.18 bits per heavy atom. The van der Waals surface area contributed by atoms with Crippen LogP contribution < -0.4 is 5.32 Å². The Labute approximate surface area is 128 Å². The van der Waals surface area contributed by atoms with Crippen LogP contribution in [0.25, 0.3) is 5.65 Å². The van der Waals surface area contributed by atoms with Gasteiger partial charge < -0.3 is 5.32 Å². The quantitative estimate of drug-likeness (QED) is 0.889. The number of sulfone groups is 1. The number of carbonyl (C=O) groups excluding carboxylic acids is 1. The molecular weight excluding hydrogens is 304 g/mol. The Balaban J connectivity index is 1.65. The number of fused-ring (bicyclic) bond motifs is 1. The lowest BCUT2D eigenvalue weighted by Gasteiger charge is -2.35. The Hall–Kier alpha value is -1.96. The summed E-state index contributed by atoms with van der Waals surface area (Å²) in [5, 5.41) is 7.09. The maximum atomic E-state index is 12.3. The fraction of sp³-hybridized carbons (Fsp3) is 0.500. The first kappa shape index (κ1) is 15.0. The molecule has 3 rings (SSSR count). The predicted octanol–water partition coefficient (Wildman–Crippen LogP) is 0.591. The highest BCUT2D eigenvalue weighted by Crippen LogP contribution is 2.29. The molecule has 0 aliphatic heterocycles. The van der Waals surface area contributed by atoms with Crippen molar-refractivity contribution in [2.45, 2.75) is 25.8 Å². The maximum absolute atomic E-state index is 12.3. The van der Waals surface area contributed by atoms with Crippen molar-refractivity contribution in [3.05, 3.63) is 29.7 Å². The minimum atomic E-state index is -2.95. The molecule has 8 heteroatoms. The summed E-state index contributed by atoms with van der Waals surface area (Å²) in [7, 11) is -2.95. The molecule has 2 aromatic heterocycles. The molecule has 0 atom stereocenters. The van der Waals surface area contributed by atoms with Crippen LogP contribution in [0.5, 0.6) is 0 Å². The summed E-state index contributed by atoms with van der Waals surface area (Å²) in [6, 6.07) is 1.85. The van der Waals surface area contributed by atoms with Crippen LogP contribution in [-0.4, -0.2) is 47.0 Å². The van der Waals surface area contributed by atoms with E-state index in [-0.39, 0.29) is 23.6 Å². The van der Waals surface area contributed by atoms with Crippen LogP contribution in [0.1, 0.15) is 28.9 Å². The zero-order valence-electron chi connectivity index (χ0n) is 12.5. The van der Waals surface area contributed by atoms with Gasteiger partial charge in [-0.1, -0.05) is 0 Å². The molecule has 0 unspecified atom stereocenters. The van der Waals surface area contributed by atoms with E-state index >= 15 is 0 Å². The number of amides is 1. The maximum Gasteiger partial charge on any atom is 0.256 e. The zero-order chi connectivity index (χ0) is 15.9. The third kappa shape index (κ3) is 2.96. The fourth-order valence-electron chi connectivity index (χ4n) is 2.85. The zero-order valence-corrected chi connectivity index (χ0v) is 13.3. The third-order valence-corrected chi connectivity index (χ3v) is 5.02. The van der Waals surface area contributed by atoms with Gasteiger partial charge in [0.05, 0.1) is 11.9 Å². The second-order valence-corrected chi connectivity index (χ2v) is 8.16. The van der Waals surface area contributed by atoms with Crippen molar-refractivity contribution in [2.24, 2.45) is 5.92 Å². The summed E-state index contributed by atoms with van der Waals surface area (Å²) in [5.74, 6) is 0.122. The van der Waals surface area contributed by atoms with Gasteiger partial charge >= 0.3 is 0 Å². The molecule has 0 radical (unpaired) electrons. The van der Waals surface area contributed by atoms with Gasteiger partial charge in [0.1, 0.15) is 15.4 Å². The molecule has 2 heterocycles. The number of nitrogens with zero attached hydrogens (tertiary/aromatic N) is 3. The van der Waals surface area contributed by atoms with E-state index in [0.29, 0.717) is 24.1 Å². The van der Waals surface area contributed by atoms with Gasteiger partial charge in [0.2, 0.25) is 0 Å². The second-order valence-electron chi connectivity index (χ2n) is 5.98. The Kier molecular flexibility index (Phi) is 3.64. The van der Waals surface area contributed by atoms with Crippen molar-refractivity contribution < 1.29 is 13.2 Å². The highest BCUT2D eigenvalue weighted by Gasteiger charge is 2.33. The predicted molar refractivity (Wildman–Crippen MR) is 81.4 cm³/mol. The van der Waals surface area contributed by atoms with Crippen LogP contribution in [0.15, 0.2) is 18.5 Å². The highest BCUT2D eigenvalue weighted by molar-refractivity contribution is 7.90.